The van der Waals surface area contributed by atoms with Gasteiger partial charge in [-0.2, -0.15) is 0 Å². The largest absolute Gasteiger partial charge is 0.355 e. The standard InChI is InChI=1S/C15H15N5O/c1-9-6-12-14(18-7-9)20(3)13(19-12)10-4-5-17-8-11(10)15(21)16-2/h4-8H,1-3H3,(H,16,21). The van der Waals surface area contributed by atoms with E-state index in [1.54, 1.807) is 31.7 Å². The van der Waals surface area contributed by atoms with Gasteiger partial charge in [-0.15, -0.1) is 0 Å². The lowest BCUT2D eigenvalue weighted by molar-refractivity contribution is 0.0963. The van der Waals surface area contributed by atoms with Gasteiger partial charge in [0.15, 0.2) is 5.65 Å². The van der Waals surface area contributed by atoms with Crippen molar-refractivity contribution in [3.63, 3.8) is 0 Å². The number of fused-ring (bicyclic) bond motifs is 1. The molecule has 0 saturated carbocycles. The second-order valence-corrected chi connectivity index (χ2v) is 4.85. The molecule has 0 radical (unpaired) electrons. The first kappa shape index (κ1) is 13.2. The average Bonchev–Trinajstić information content (AvgIpc) is 2.82. The van der Waals surface area contributed by atoms with E-state index in [1.165, 1.54) is 0 Å². The Balaban J connectivity index is 2.26. The summed E-state index contributed by atoms with van der Waals surface area (Å²) in [7, 11) is 3.49. The third kappa shape index (κ3) is 2.14. The highest BCUT2D eigenvalue weighted by molar-refractivity contribution is 6.00. The molecule has 3 heterocycles. The predicted molar refractivity (Wildman–Crippen MR) is 79.9 cm³/mol. The Labute approximate surface area is 121 Å². The van der Waals surface area contributed by atoms with Crippen LogP contribution in [0.15, 0.2) is 30.7 Å². The van der Waals surface area contributed by atoms with Gasteiger partial charge < -0.3 is 9.88 Å². The van der Waals surface area contributed by atoms with Gasteiger partial charge in [-0.05, 0) is 24.6 Å². The highest BCUT2D eigenvalue weighted by atomic mass is 16.1. The molecule has 1 amide bonds. The Morgan fingerprint density at radius 2 is 2.14 bits per heavy atom. The molecule has 0 aliphatic heterocycles. The van der Waals surface area contributed by atoms with Crippen molar-refractivity contribution in [1.29, 1.82) is 0 Å². The smallest absolute Gasteiger partial charge is 0.253 e. The molecule has 6 nitrogen and oxygen atoms in total. The van der Waals surface area contributed by atoms with Crippen molar-refractivity contribution in [3.05, 3.63) is 41.9 Å². The molecule has 0 spiro atoms. The molecule has 0 unspecified atom stereocenters. The first-order valence-corrected chi connectivity index (χ1v) is 6.57. The SMILES string of the molecule is CNC(=O)c1cnccc1-c1nc2cc(C)cnc2n1C. The number of carbonyl (C=O) groups is 1. The van der Waals surface area contributed by atoms with Gasteiger partial charge in [0.2, 0.25) is 0 Å². The monoisotopic (exact) mass is 281 g/mol. The van der Waals surface area contributed by atoms with Crippen LogP contribution in [0.5, 0.6) is 0 Å². The number of rotatable bonds is 2. The summed E-state index contributed by atoms with van der Waals surface area (Å²) < 4.78 is 1.89. The van der Waals surface area contributed by atoms with Crippen molar-refractivity contribution in [1.82, 2.24) is 24.8 Å². The van der Waals surface area contributed by atoms with Crippen LogP contribution in [0.2, 0.25) is 0 Å². The maximum atomic E-state index is 12.0. The van der Waals surface area contributed by atoms with Gasteiger partial charge in [0.05, 0.1) is 5.56 Å². The Hall–Kier alpha value is -2.76. The molecule has 0 fully saturated rings. The highest BCUT2D eigenvalue weighted by Gasteiger charge is 2.17. The van der Waals surface area contributed by atoms with E-state index in [9.17, 15) is 4.79 Å². The molecule has 1 N–H and O–H groups in total. The summed E-state index contributed by atoms with van der Waals surface area (Å²) in [6.07, 6.45) is 5.01. The van der Waals surface area contributed by atoms with E-state index >= 15 is 0 Å². The molecule has 0 atom stereocenters. The molecule has 3 aromatic rings. The van der Waals surface area contributed by atoms with Crippen LogP contribution in [0.25, 0.3) is 22.6 Å². The third-order valence-electron chi connectivity index (χ3n) is 3.38. The van der Waals surface area contributed by atoms with E-state index in [0.717, 1.165) is 22.3 Å². The molecule has 0 aliphatic carbocycles. The van der Waals surface area contributed by atoms with Crippen molar-refractivity contribution < 1.29 is 4.79 Å². The van der Waals surface area contributed by atoms with Crippen LogP contribution >= 0.6 is 0 Å². The van der Waals surface area contributed by atoms with Crippen molar-refractivity contribution >= 4 is 17.1 Å². The topological polar surface area (TPSA) is 72.7 Å². The molecule has 0 aromatic carbocycles. The first-order valence-electron chi connectivity index (χ1n) is 6.57. The Kier molecular flexibility index (Phi) is 3.13. The number of hydrogen-bond acceptors (Lipinski definition) is 4. The van der Waals surface area contributed by atoms with Crippen molar-refractivity contribution in [2.24, 2.45) is 7.05 Å². The minimum absolute atomic E-state index is 0.186. The van der Waals surface area contributed by atoms with Crippen LogP contribution in [-0.2, 0) is 7.05 Å². The zero-order valence-corrected chi connectivity index (χ0v) is 12.1. The zero-order valence-electron chi connectivity index (χ0n) is 12.1. The van der Waals surface area contributed by atoms with Gasteiger partial charge in [-0.1, -0.05) is 0 Å². The number of aryl methyl sites for hydroxylation is 2. The van der Waals surface area contributed by atoms with E-state index in [-0.39, 0.29) is 5.91 Å². The first-order chi connectivity index (χ1) is 10.1. The Morgan fingerprint density at radius 1 is 1.33 bits per heavy atom. The second-order valence-electron chi connectivity index (χ2n) is 4.85. The minimum atomic E-state index is -0.186. The lowest BCUT2D eigenvalue weighted by atomic mass is 10.1. The number of carbonyl (C=O) groups excluding carboxylic acids is 1. The van der Waals surface area contributed by atoms with Crippen LogP contribution in [-0.4, -0.2) is 32.5 Å². The molecule has 0 aliphatic rings. The lowest BCUT2D eigenvalue weighted by Crippen LogP contribution is -2.19. The lowest BCUT2D eigenvalue weighted by Gasteiger charge is -2.07. The number of nitrogens with zero attached hydrogens (tertiary/aromatic N) is 4. The summed E-state index contributed by atoms with van der Waals surface area (Å²) >= 11 is 0. The van der Waals surface area contributed by atoms with Gasteiger partial charge in [0.1, 0.15) is 11.3 Å². The molecular formula is C15H15N5O. The molecule has 0 bridgehead atoms. The second kappa shape index (κ2) is 4.97. The number of nitrogens with one attached hydrogen (secondary N) is 1. The number of pyridine rings is 2. The van der Waals surface area contributed by atoms with Crippen LogP contribution in [0.3, 0.4) is 0 Å². The molecule has 6 heteroatoms. The van der Waals surface area contributed by atoms with Crippen molar-refractivity contribution in [2.75, 3.05) is 7.05 Å². The van der Waals surface area contributed by atoms with Crippen LogP contribution < -0.4 is 5.32 Å². The summed E-state index contributed by atoms with van der Waals surface area (Å²) in [4.78, 5) is 25.0. The van der Waals surface area contributed by atoms with Gasteiger partial charge in [-0.25, -0.2) is 9.97 Å². The number of aromatic nitrogens is 4. The van der Waals surface area contributed by atoms with Crippen LogP contribution in [0.4, 0.5) is 0 Å². The quantitative estimate of drug-likeness (QED) is 0.776. The zero-order chi connectivity index (χ0) is 15.0. The molecule has 3 rings (SSSR count). The van der Waals surface area contributed by atoms with E-state index in [4.69, 9.17) is 0 Å². The van der Waals surface area contributed by atoms with E-state index in [2.05, 4.69) is 20.3 Å². The van der Waals surface area contributed by atoms with Crippen LogP contribution in [0, 0.1) is 6.92 Å². The Morgan fingerprint density at radius 3 is 2.90 bits per heavy atom. The van der Waals surface area contributed by atoms with E-state index in [0.29, 0.717) is 11.4 Å². The fraction of sp³-hybridized carbons (Fsp3) is 0.200. The maximum absolute atomic E-state index is 12.0. The molecule has 3 aromatic heterocycles. The molecule has 21 heavy (non-hydrogen) atoms. The van der Waals surface area contributed by atoms with E-state index < -0.39 is 0 Å². The number of amides is 1. The number of imidazole rings is 1. The van der Waals surface area contributed by atoms with Crippen molar-refractivity contribution in [3.8, 4) is 11.4 Å². The molecule has 0 saturated heterocycles. The summed E-state index contributed by atoms with van der Waals surface area (Å²) in [5.41, 5.74) is 3.88. The maximum Gasteiger partial charge on any atom is 0.253 e. The minimum Gasteiger partial charge on any atom is -0.355 e. The average molecular weight is 281 g/mol. The fourth-order valence-corrected chi connectivity index (χ4v) is 2.32. The predicted octanol–water partition coefficient (Wildman–Crippen LogP) is 1.70. The van der Waals surface area contributed by atoms with Gasteiger partial charge in [-0.3, -0.25) is 9.78 Å². The third-order valence-corrected chi connectivity index (χ3v) is 3.38. The molecule has 106 valence electrons. The Bertz CT molecular complexity index is 837. The van der Waals surface area contributed by atoms with Crippen molar-refractivity contribution in [2.45, 2.75) is 6.92 Å². The highest BCUT2D eigenvalue weighted by Crippen LogP contribution is 2.25. The van der Waals surface area contributed by atoms with Crippen LogP contribution in [0.1, 0.15) is 15.9 Å². The summed E-state index contributed by atoms with van der Waals surface area (Å²) in [6.45, 7) is 1.98. The normalized spacial score (nSPS) is 10.8. The fourth-order valence-electron chi connectivity index (χ4n) is 2.32. The summed E-state index contributed by atoms with van der Waals surface area (Å²) in [6, 6.07) is 3.77. The van der Waals surface area contributed by atoms with Gasteiger partial charge in [0, 0.05) is 38.2 Å². The summed E-state index contributed by atoms with van der Waals surface area (Å²) in [5.74, 6) is 0.512. The van der Waals surface area contributed by atoms with E-state index in [1.807, 2.05) is 24.6 Å². The number of hydrogen-bond donors (Lipinski definition) is 1. The van der Waals surface area contributed by atoms with Gasteiger partial charge >= 0.3 is 0 Å². The summed E-state index contributed by atoms with van der Waals surface area (Å²) in [5, 5.41) is 2.62. The molecular weight excluding hydrogens is 266 g/mol. The van der Waals surface area contributed by atoms with Gasteiger partial charge in [0.25, 0.3) is 5.91 Å².